The molecule has 2 heterocycles. The number of hydrogen-bond donors (Lipinski definition) is 0. The van der Waals surface area contributed by atoms with Gasteiger partial charge in [-0.05, 0) is 59.2 Å². The second-order valence-corrected chi connectivity index (χ2v) is 13.3. The van der Waals surface area contributed by atoms with Gasteiger partial charge in [0.25, 0.3) is 10.0 Å². The molecule has 0 amide bonds. The van der Waals surface area contributed by atoms with E-state index in [1.165, 1.54) is 28.6 Å². The van der Waals surface area contributed by atoms with Gasteiger partial charge >= 0.3 is 6.18 Å². The number of benzene rings is 2. The van der Waals surface area contributed by atoms with Crippen molar-refractivity contribution in [3.63, 3.8) is 0 Å². The zero-order valence-corrected chi connectivity index (χ0v) is 22.1. The van der Waals surface area contributed by atoms with Gasteiger partial charge in [0.05, 0.1) is 15.9 Å². The first-order valence-electron chi connectivity index (χ1n) is 11.4. The van der Waals surface area contributed by atoms with Crippen LogP contribution in [0.2, 0.25) is 4.34 Å². The summed E-state index contributed by atoms with van der Waals surface area (Å²) in [6.45, 7) is 4.09. The standard InChI is InChI=1S/C26H25ClF3NO3S2/c1-25(2,20-6-3-5-18(15-20)17-8-10-19(11-9-17)26(28,29)30)16-22(32)21-7-4-14-31(21)36(33,34)24-13-12-23(27)35-24/h3,5-6,8-13,15,21H,4,7,14,16H2,1-2H3/t21-/m0/s1. The number of halogens is 4. The maximum absolute atomic E-state index is 13.4. The number of carbonyl (C=O) groups excluding carboxylic acids is 1. The zero-order valence-electron chi connectivity index (χ0n) is 19.7. The molecule has 0 N–H and O–H groups in total. The van der Waals surface area contributed by atoms with Gasteiger partial charge in [-0.25, -0.2) is 8.42 Å². The number of hydrogen-bond acceptors (Lipinski definition) is 4. The lowest BCUT2D eigenvalue weighted by atomic mass is 9.78. The summed E-state index contributed by atoms with van der Waals surface area (Å²) in [6.07, 6.45) is -3.23. The molecule has 0 aliphatic carbocycles. The van der Waals surface area contributed by atoms with Crippen molar-refractivity contribution >= 4 is 38.7 Å². The Labute approximate surface area is 217 Å². The van der Waals surface area contributed by atoms with Crippen LogP contribution < -0.4 is 0 Å². The minimum atomic E-state index is -4.40. The predicted octanol–water partition coefficient (Wildman–Crippen LogP) is 7.18. The Morgan fingerprint density at radius 3 is 2.33 bits per heavy atom. The van der Waals surface area contributed by atoms with E-state index < -0.39 is 33.2 Å². The van der Waals surface area contributed by atoms with Gasteiger partial charge in [-0.3, -0.25) is 4.79 Å². The number of sulfonamides is 1. The Morgan fingerprint density at radius 2 is 1.72 bits per heavy atom. The van der Waals surface area contributed by atoms with Crippen molar-refractivity contribution in [2.45, 2.75) is 55.0 Å². The third-order valence-corrected chi connectivity index (χ3v) is 10.1. The minimum absolute atomic E-state index is 0.116. The normalized spacial score (nSPS) is 17.4. The van der Waals surface area contributed by atoms with Crippen LogP contribution in [0.4, 0.5) is 13.2 Å². The molecule has 1 aromatic heterocycles. The highest BCUT2D eigenvalue weighted by Crippen LogP contribution is 2.37. The van der Waals surface area contributed by atoms with E-state index in [0.717, 1.165) is 34.6 Å². The average Bonchev–Trinajstić information content (AvgIpc) is 3.49. The van der Waals surface area contributed by atoms with Crippen LogP contribution in [0.15, 0.2) is 64.9 Å². The molecule has 10 heteroatoms. The van der Waals surface area contributed by atoms with Crippen molar-refractivity contribution in [3.05, 3.63) is 76.1 Å². The molecule has 1 aliphatic rings. The van der Waals surface area contributed by atoms with E-state index in [2.05, 4.69) is 0 Å². The highest BCUT2D eigenvalue weighted by molar-refractivity contribution is 7.91. The highest BCUT2D eigenvalue weighted by atomic mass is 35.5. The molecule has 1 aliphatic heterocycles. The van der Waals surface area contributed by atoms with Crippen molar-refractivity contribution in [1.82, 2.24) is 4.31 Å². The fraction of sp³-hybridized carbons (Fsp3) is 0.346. The van der Waals surface area contributed by atoms with Gasteiger partial charge in [-0.2, -0.15) is 17.5 Å². The van der Waals surface area contributed by atoms with Gasteiger partial charge in [-0.15, -0.1) is 11.3 Å². The van der Waals surface area contributed by atoms with Crippen LogP contribution in [0.25, 0.3) is 11.1 Å². The molecule has 192 valence electrons. The van der Waals surface area contributed by atoms with E-state index in [4.69, 9.17) is 11.6 Å². The van der Waals surface area contributed by atoms with Crippen LogP contribution in [-0.4, -0.2) is 31.1 Å². The van der Waals surface area contributed by atoms with E-state index >= 15 is 0 Å². The summed E-state index contributed by atoms with van der Waals surface area (Å²) in [7, 11) is -3.82. The maximum Gasteiger partial charge on any atom is 0.416 e. The number of carbonyl (C=O) groups is 1. The van der Waals surface area contributed by atoms with Crippen LogP contribution in [0, 0.1) is 0 Å². The fourth-order valence-corrected chi connectivity index (χ4v) is 7.82. The summed E-state index contributed by atoms with van der Waals surface area (Å²) in [6, 6.07) is 14.5. The van der Waals surface area contributed by atoms with E-state index in [1.54, 1.807) is 12.1 Å². The Kier molecular flexibility index (Phi) is 7.41. The molecule has 2 aromatic carbocycles. The highest BCUT2D eigenvalue weighted by Gasteiger charge is 2.41. The van der Waals surface area contributed by atoms with E-state index in [1.807, 2.05) is 26.0 Å². The molecule has 0 radical (unpaired) electrons. The number of nitrogens with zero attached hydrogens (tertiary/aromatic N) is 1. The predicted molar refractivity (Wildman–Crippen MR) is 136 cm³/mol. The number of ketones is 1. The molecular weight excluding hydrogens is 531 g/mol. The number of Topliss-reactive ketones (excluding diaryl/α,β-unsaturated/α-hetero) is 1. The van der Waals surface area contributed by atoms with Gasteiger partial charge < -0.3 is 0 Å². The summed E-state index contributed by atoms with van der Waals surface area (Å²) in [5, 5.41) is 0. The molecule has 4 rings (SSSR count). The first kappa shape index (κ1) is 26.9. The van der Waals surface area contributed by atoms with Gasteiger partial charge in [0.1, 0.15) is 4.21 Å². The van der Waals surface area contributed by atoms with Gasteiger partial charge in [0, 0.05) is 13.0 Å². The Balaban J connectivity index is 1.54. The molecule has 4 nitrogen and oxygen atoms in total. The molecule has 0 bridgehead atoms. The lowest BCUT2D eigenvalue weighted by Crippen LogP contribution is -2.42. The van der Waals surface area contributed by atoms with Crippen LogP contribution in [0.5, 0.6) is 0 Å². The van der Waals surface area contributed by atoms with Crippen LogP contribution >= 0.6 is 22.9 Å². The molecular formula is C26H25ClF3NO3S2. The van der Waals surface area contributed by atoms with Gasteiger partial charge in [-0.1, -0.05) is 61.8 Å². The minimum Gasteiger partial charge on any atom is -0.298 e. The maximum atomic E-state index is 13.4. The summed E-state index contributed by atoms with van der Waals surface area (Å²) in [5.41, 5.74) is 0.874. The van der Waals surface area contributed by atoms with Gasteiger partial charge in [0.15, 0.2) is 5.78 Å². The molecule has 1 fully saturated rings. The first-order valence-corrected chi connectivity index (χ1v) is 14.0. The van der Waals surface area contributed by atoms with Crippen LogP contribution in [-0.2, 0) is 26.4 Å². The van der Waals surface area contributed by atoms with E-state index in [0.29, 0.717) is 22.7 Å². The molecule has 0 unspecified atom stereocenters. The Hall–Kier alpha value is -2.20. The monoisotopic (exact) mass is 555 g/mol. The van der Waals surface area contributed by atoms with E-state index in [9.17, 15) is 26.4 Å². The quantitative estimate of drug-likeness (QED) is 0.310. The van der Waals surface area contributed by atoms with Gasteiger partial charge in [0.2, 0.25) is 0 Å². The first-order chi connectivity index (χ1) is 16.8. The molecule has 36 heavy (non-hydrogen) atoms. The third-order valence-electron chi connectivity index (χ3n) is 6.49. The van der Waals surface area contributed by atoms with Crippen molar-refractivity contribution in [2.24, 2.45) is 0 Å². The van der Waals surface area contributed by atoms with E-state index in [-0.39, 0.29) is 23.0 Å². The summed E-state index contributed by atoms with van der Waals surface area (Å²) in [5.74, 6) is -0.163. The average molecular weight is 556 g/mol. The summed E-state index contributed by atoms with van der Waals surface area (Å²) < 4.78 is 66.8. The number of thiophene rings is 1. The molecule has 0 spiro atoms. The number of alkyl halides is 3. The molecule has 1 atom stereocenters. The summed E-state index contributed by atoms with van der Waals surface area (Å²) >= 11 is 6.90. The van der Waals surface area contributed by atoms with Crippen LogP contribution in [0.3, 0.4) is 0 Å². The smallest absolute Gasteiger partial charge is 0.298 e. The topological polar surface area (TPSA) is 54.5 Å². The lowest BCUT2D eigenvalue weighted by molar-refractivity contribution is -0.137. The molecule has 1 saturated heterocycles. The second-order valence-electron chi connectivity index (χ2n) is 9.52. The second kappa shape index (κ2) is 9.93. The molecule has 0 saturated carbocycles. The largest absolute Gasteiger partial charge is 0.416 e. The SMILES string of the molecule is CC(C)(CC(=O)[C@@H]1CCCN1S(=O)(=O)c1ccc(Cl)s1)c1cccc(-c2ccc(C(F)(F)F)cc2)c1. The van der Waals surface area contributed by atoms with Crippen molar-refractivity contribution < 1.29 is 26.4 Å². The van der Waals surface area contributed by atoms with Crippen LogP contribution in [0.1, 0.15) is 44.2 Å². The Bertz CT molecular complexity index is 1370. The summed E-state index contributed by atoms with van der Waals surface area (Å²) in [4.78, 5) is 13.4. The molecule has 3 aromatic rings. The zero-order chi connectivity index (χ0) is 26.3. The third kappa shape index (κ3) is 5.54. The lowest BCUT2D eigenvalue weighted by Gasteiger charge is -2.29. The van der Waals surface area contributed by atoms with Crippen molar-refractivity contribution in [2.75, 3.05) is 6.54 Å². The fourth-order valence-electron chi connectivity index (χ4n) is 4.53. The number of rotatable bonds is 7. The van der Waals surface area contributed by atoms with Crippen molar-refractivity contribution in [3.8, 4) is 11.1 Å². The van der Waals surface area contributed by atoms with Crippen molar-refractivity contribution in [1.29, 1.82) is 0 Å². The Morgan fingerprint density at radius 1 is 1.03 bits per heavy atom.